The van der Waals surface area contributed by atoms with Gasteiger partial charge in [0.25, 0.3) is 5.91 Å². The van der Waals surface area contributed by atoms with E-state index in [1.807, 2.05) is 19.1 Å². The van der Waals surface area contributed by atoms with Gasteiger partial charge in [0.05, 0.1) is 29.4 Å². The van der Waals surface area contributed by atoms with Gasteiger partial charge in [0.1, 0.15) is 5.75 Å². The van der Waals surface area contributed by atoms with Gasteiger partial charge in [-0.1, -0.05) is 6.07 Å². The lowest BCUT2D eigenvalue weighted by Crippen LogP contribution is -2.16. The summed E-state index contributed by atoms with van der Waals surface area (Å²) < 4.78 is 5.04. The first-order valence-electron chi connectivity index (χ1n) is 7.57. The molecule has 0 aliphatic rings. The Bertz CT molecular complexity index is 982. The Labute approximate surface area is 144 Å². The van der Waals surface area contributed by atoms with Gasteiger partial charge < -0.3 is 15.2 Å². The van der Waals surface area contributed by atoms with E-state index in [0.717, 1.165) is 10.9 Å². The fraction of sp³-hybridized carbons (Fsp3) is 0.105. The molecular weight excluding hydrogens is 320 g/mol. The van der Waals surface area contributed by atoms with Crippen LogP contribution in [-0.4, -0.2) is 29.1 Å². The molecule has 0 aliphatic carbocycles. The van der Waals surface area contributed by atoms with Gasteiger partial charge in [0.2, 0.25) is 0 Å². The molecule has 3 rings (SSSR count). The number of methoxy groups -OCH3 is 1. The van der Waals surface area contributed by atoms with Crippen molar-refractivity contribution in [2.75, 3.05) is 12.4 Å². The number of ether oxygens (including phenoxy) is 1. The summed E-state index contributed by atoms with van der Waals surface area (Å²) >= 11 is 0. The van der Waals surface area contributed by atoms with Crippen molar-refractivity contribution in [2.45, 2.75) is 6.92 Å². The first kappa shape index (κ1) is 16.4. The summed E-state index contributed by atoms with van der Waals surface area (Å²) in [5.74, 6) is -1.17. The maximum atomic E-state index is 12.7. The van der Waals surface area contributed by atoms with Crippen LogP contribution in [0.3, 0.4) is 0 Å². The second-order valence-corrected chi connectivity index (χ2v) is 5.56. The molecule has 0 saturated heterocycles. The fourth-order valence-electron chi connectivity index (χ4n) is 2.64. The topological polar surface area (TPSA) is 88.5 Å². The minimum absolute atomic E-state index is 0.0439. The minimum atomic E-state index is -1.15. The third-order valence-electron chi connectivity index (χ3n) is 3.80. The van der Waals surface area contributed by atoms with Crippen LogP contribution in [0.25, 0.3) is 10.9 Å². The fourth-order valence-corrected chi connectivity index (χ4v) is 2.64. The summed E-state index contributed by atoms with van der Waals surface area (Å²) in [5.41, 5.74) is 2.03. The van der Waals surface area contributed by atoms with Crippen molar-refractivity contribution in [3.05, 3.63) is 65.4 Å². The molecule has 0 bridgehead atoms. The zero-order chi connectivity index (χ0) is 18.0. The van der Waals surface area contributed by atoms with Gasteiger partial charge in [0, 0.05) is 11.6 Å². The maximum absolute atomic E-state index is 12.7. The number of fused-ring (bicyclic) bond motifs is 1. The molecule has 6 nitrogen and oxygen atoms in total. The average Bonchev–Trinajstić information content (AvgIpc) is 2.61. The maximum Gasteiger partial charge on any atom is 0.337 e. The van der Waals surface area contributed by atoms with Crippen molar-refractivity contribution in [1.82, 2.24) is 4.98 Å². The number of aromatic nitrogens is 1. The highest BCUT2D eigenvalue weighted by Crippen LogP contribution is 2.24. The van der Waals surface area contributed by atoms with Gasteiger partial charge in [0.15, 0.2) is 0 Å². The molecule has 2 N–H and O–H groups in total. The van der Waals surface area contributed by atoms with E-state index in [1.54, 1.807) is 24.4 Å². The van der Waals surface area contributed by atoms with Crippen LogP contribution in [-0.2, 0) is 0 Å². The number of hydrogen-bond acceptors (Lipinski definition) is 4. The van der Waals surface area contributed by atoms with Crippen LogP contribution in [0.1, 0.15) is 26.3 Å². The number of hydrogen-bond donors (Lipinski definition) is 2. The van der Waals surface area contributed by atoms with E-state index in [1.165, 1.54) is 19.2 Å². The Morgan fingerprint density at radius 3 is 2.64 bits per heavy atom. The Balaban J connectivity index is 2.03. The summed E-state index contributed by atoms with van der Waals surface area (Å²) in [5, 5.41) is 12.9. The molecule has 1 amide bonds. The minimum Gasteiger partial charge on any atom is -0.497 e. The van der Waals surface area contributed by atoms with Crippen LogP contribution < -0.4 is 10.1 Å². The van der Waals surface area contributed by atoms with Crippen LogP contribution in [0.15, 0.2) is 48.7 Å². The Morgan fingerprint density at radius 2 is 1.92 bits per heavy atom. The van der Waals surface area contributed by atoms with Crippen LogP contribution in [0, 0.1) is 6.92 Å². The summed E-state index contributed by atoms with van der Waals surface area (Å²) in [7, 11) is 1.45. The summed E-state index contributed by atoms with van der Waals surface area (Å²) in [6, 6.07) is 11.8. The molecule has 0 fully saturated rings. The molecule has 25 heavy (non-hydrogen) atoms. The van der Waals surface area contributed by atoms with Crippen LogP contribution in [0.2, 0.25) is 0 Å². The molecule has 0 atom stereocenters. The van der Waals surface area contributed by atoms with E-state index in [0.29, 0.717) is 16.8 Å². The highest BCUT2D eigenvalue weighted by molar-refractivity contribution is 6.13. The van der Waals surface area contributed by atoms with E-state index in [2.05, 4.69) is 10.3 Å². The number of benzene rings is 2. The summed E-state index contributed by atoms with van der Waals surface area (Å²) in [4.78, 5) is 28.5. The van der Waals surface area contributed by atoms with Gasteiger partial charge in [-0.05, 0) is 48.9 Å². The normalized spacial score (nSPS) is 10.5. The molecule has 0 saturated carbocycles. The number of pyridine rings is 1. The number of carbonyl (C=O) groups excluding carboxylic acids is 1. The van der Waals surface area contributed by atoms with Gasteiger partial charge >= 0.3 is 5.97 Å². The van der Waals surface area contributed by atoms with Crippen LogP contribution in [0.5, 0.6) is 5.75 Å². The van der Waals surface area contributed by atoms with E-state index in [-0.39, 0.29) is 11.3 Å². The van der Waals surface area contributed by atoms with Crippen molar-refractivity contribution in [1.29, 1.82) is 0 Å². The smallest absolute Gasteiger partial charge is 0.337 e. The monoisotopic (exact) mass is 336 g/mol. The molecule has 0 radical (unpaired) electrons. The van der Waals surface area contributed by atoms with Crippen molar-refractivity contribution in [2.24, 2.45) is 0 Å². The Kier molecular flexibility index (Phi) is 4.35. The second kappa shape index (κ2) is 6.60. The van der Waals surface area contributed by atoms with Crippen LogP contribution in [0.4, 0.5) is 5.69 Å². The standard InChI is InChI=1S/C19H16N2O4/c1-11-8-12-4-3-7-20-17(12)15(9-11)18(22)21-16-6-5-13(25-2)10-14(16)19(23)24/h3-10H,1-2H3,(H,21,22)(H,23,24). The molecular formula is C19H16N2O4. The molecule has 6 heteroatoms. The number of amides is 1. The highest BCUT2D eigenvalue weighted by atomic mass is 16.5. The summed E-state index contributed by atoms with van der Waals surface area (Å²) in [6.07, 6.45) is 1.62. The third kappa shape index (κ3) is 3.28. The molecule has 1 heterocycles. The van der Waals surface area contributed by atoms with E-state index < -0.39 is 11.9 Å². The number of carbonyl (C=O) groups is 2. The molecule has 0 aliphatic heterocycles. The Morgan fingerprint density at radius 1 is 1.12 bits per heavy atom. The van der Waals surface area contributed by atoms with E-state index in [4.69, 9.17) is 4.74 Å². The highest BCUT2D eigenvalue weighted by Gasteiger charge is 2.17. The second-order valence-electron chi connectivity index (χ2n) is 5.56. The lowest BCUT2D eigenvalue weighted by Gasteiger charge is -2.12. The number of carboxylic acids is 1. The predicted molar refractivity (Wildman–Crippen MR) is 94.4 cm³/mol. The first-order valence-corrected chi connectivity index (χ1v) is 7.57. The average molecular weight is 336 g/mol. The van der Waals surface area contributed by atoms with Crippen molar-refractivity contribution < 1.29 is 19.4 Å². The van der Waals surface area contributed by atoms with Crippen molar-refractivity contribution in [3.8, 4) is 5.75 Å². The molecule has 3 aromatic rings. The lowest BCUT2D eigenvalue weighted by molar-refractivity contribution is 0.0697. The molecule has 0 spiro atoms. The SMILES string of the molecule is COc1ccc(NC(=O)c2cc(C)cc3cccnc23)c(C(=O)O)c1. The van der Waals surface area contributed by atoms with Gasteiger partial charge in [-0.25, -0.2) is 4.79 Å². The largest absolute Gasteiger partial charge is 0.497 e. The molecule has 1 aromatic heterocycles. The molecule has 126 valence electrons. The number of rotatable bonds is 4. The van der Waals surface area contributed by atoms with Crippen LogP contribution >= 0.6 is 0 Å². The number of aromatic carboxylic acids is 1. The lowest BCUT2D eigenvalue weighted by atomic mass is 10.0. The number of nitrogens with zero attached hydrogens (tertiary/aromatic N) is 1. The first-order chi connectivity index (χ1) is 12.0. The van der Waals surface area contributed by atoms with Crippen molar-refractivity contribution >= 4 is 28.5 Å². The number of anilines is 1. The van der Waals surface area contributed by atoms with E-state index >= 15 is 0 Å². The van der Waals surface area contributed by atoms with Gasteiger partial charge in [-0.3, -0.25) is 9.78 Å². The van der Waals surface area contributed by atoms with Crippen molar-refractivity contribution in [3.63, 3.8) is 0 Å². The zero-order valence-electron chi connectivity index (χ0n) is 13.7. The number of aryl methyl sites for hydroxylation is 1. The number of carboxylic acid groups (broad SMARTS) is 1. The Hall–Kier alpha value is -3.41. The van der Waals surface area contributed by atoms with E-state index in [9.17, 15) is 14.7 Å². The van der Waals surface area contributed by atoms with Gasteiger partial charge in [-0.15, -0.1) is 0 Å². The third-order valence-corrected chi connectivity index (χ3v) is 3.80. The number of nitrogens with one attached hydrogen (secondary N) is 1. The quantitative estimate of drug-likeness (QED) is 0.761. The molecule has 2 aromatic carbocycles. The zero-order valence-corrected chi connectivity index (χ0v) is 13.7. The summed E-state index contributed by atoms with van der Waals surface area (Å²) in [6.45, 7) is 1.89. The molecule has 0 unspecified atom stereocenters. The van der Waals surface area contributed by atoms with Gasteiger partial charge in [-0.2, -0.15) is 0 Å². The predicted octanol–water partition coefficient (Wildman–Crippen LogP) is 3.50.